The van der Waals surface area contributed by atoms with Crippen LogP contribution in [0.1, 0.15) is 13.8 Å². The molecule has 98 valence electrons. The van der Waals surface area contributed by atoms with Gasteiger partial charge < -0.3 is 15.8 Å². The molecule has 0 fully saturated rings. The molecule has 1 unspecified atom stereocenters. The monoisotopic (exact) mass is 254 g/mol. The zero-order valence-corrected chi connectivity index (χ0v) is 10.0. The fourth-order valence-electron chi connectivity index (χ4n) is 1.25. The summed E-state index contributed by atoms with van der Waals surface area (Å²) in [5.41, 5.74) is 5.15. The summed E-state index contributed by atoms with van der Waals surface area (Å²) in [7, 11) is 0. The zero-order chi connectivity index (χ0) is 13.7. The Morgan fingerprint density at radius 3 is 2.83 bits per heavy atom. The number of hydrogen-bond donors (Lipinski definition) is 2. The molecule has 18 heavy (non-hydrogen) atoms. The van der Waals surface area contributed by atoms with Crippen LogP contribution in [0.5, 0.6) is 0 Å². The average Bonchev–Trinajstić information content (AvgIpc) is 2.28. The highest BCUT2D eigenvalue weighted by Crippen LogP contribution is 2.21. The molecular weight excluding hydrogens is 240 g/mol. The summed E-state index contributed by atoms with van der Waals surface area (Å²) in [5, 5.41) is 13.3. The van der Waals surface area contributed by atoms with Crippen LogP contribution in [0.3, 0.4) is 0 Å². The molecule has 0 aromatic carbocycles. The smallest absolute Gasteiger partial charge is 0.328 e. The van der Waals surface area contributed by atoms with Gasteiger partial charge in [-0.05, 0) is 19.9 Å². The Hall–Kier alpha value is -2.38. The Kier molecular flexibility index (Phi) is 4.41. The van der Waals surface area contributed by atoms with Crippen molar-refractivity contribution >= 4 is 23.3 Å². The van der Waals surface area contributed by atoms with Crippen LogP contribution in [0.25, 0.3) is 0 Å². The van der Waals surface area contributed by atoms with Gasteiger partial charge in [-0.15, -0.1) is 0 Å². The first-order valence-corrected chi connectivity index (χ1v) is 5.29. The summed E-state index contributed by atoms with van der Waals surface area (Å²) in [6, 6.07) is 1.99. The summed E-state index contributed by atoms with van der Waals surface area (Å²) < 4.78 is 4.80. The predicted molar refractivity (Wildman–Crippen MR) is 65.0 cm³/mol. The number of nitrogens with two attached hydrogens (primary N) is 1. The van der Waals surface area contributed by atoms with Crippen molar-refractivity contribution in [1.82, 2.24) is 4.98 Å². The summed E-state index contributed by atoms with van der Waals surface area (Å²) in [5.74, 6) is -0.365. The molecule has 8 heteroatoms. The van der Waals surface area contributed by atoms with Crippen LogP contribution in [0, 0.1) is 10.1 Å². The van der Waals surface area contributed by atoms with Crippen LogP contribution >= 0.6 is 0 Å². The summed E-state index contributed by atoms with van der Waals surface area (Å²) >= 11 is 0. The van der Waals surface area contributed by atoms with Crippen molar-refractivity contribution in [2.75, 3.05) is 17.7 Å². The number of hydrogen-bond acceptors (Lipinski definition) is 7. The lowest BCUT2D eigenvalue weighted by atomic mass is 10.3. The van der Waals surface area contributed by atoms with Gasteiger partial charge in [0, 0.05) is 6.07 Å². The first kappa shape index (κ1) is 13.7. The number of rotatable bonds is 5. The maximum absolute atomic E-state index is 11.4. The van der Waals surface area contributed by atoms with Gasteiger partial charge in [0.25, 0.3) is 0 Å². The van der Waals surface area contributed by atoms with Crippen molar-refractivity contribution in [2.45, 2.75) is 19.9 Å². The minimum Gasteiger partial charge on any atom is -0.464 e. The summed E-state index contributed by atoms with van der Waals surface area (Å²) in [6.07, 6.45) is 0. The minimum absolute atomic E-state index is 0.207. The van der Waals surface area contributed by atoms with E-state index in [0.29, 0.717) is 0 Å². The normalized spacial score (nSPS) is 11.7. The first-order valence-electron chi connectivity index (χ1n) is 5.29. The fraction of sp³-hybridized carbons (Fsp3) is 0.400. The van der Waals surface area contributed by atoms with Crippen LogP contribution < -0.4 is 11.1 Å². The molecular formula is C10H14N4O4. The molecule has 0 aliphatic heterocycles. The molecule has 0 bridgehead atoms. The van der Waals surface area contributed by atoms with Gasteiger partial charge in [-0.3, -0.25) is 10.1 Å². The Morgan fingerprint density at radius 1 is 1.67 bits per heavy atom. The Labute approximate surface area is 103 Å². The number of pyridine rings is 1. The highest BCUT2D eigenvalue weighted by Gasteiger charge is 2.17. The summed E-state index contributed by atoms with van der Waals surface area (Å²) in [6.45, 7) is 3.57. The fourth-order valence-corrected chi connectivity index (χ4v) is 1.25. The number of carbonyl (C=O) groups excluding carboxylic acids is 1. The molecule has 0 spiro atoms. The third-order valence-corrected chi connectivity index (χ3v) is 2.10. The lowest BCUT2D eigenvalue weighted by Crippen LogP contribution is -2.28. The van der Waals surface area contributed by atoms with E-state index < -0.39 is 16.9 Å². The van der Waals surface area contributed by atoms with E-state index in [2.05, 4.69) is 10.3 Å². The van der Waals surface area contributed by atoms with E-state index in [4.69, 9.17) is 10.5 Å². The molecule has 1 rings (SSSR count). The van der Waals surface area contributed by atoms with E-state index in [1.807, 2.05) is 0 Å². The van der Waals surface area contributed by atoms with Crippen molar-refractivity contribution in [2.24, 2.45) is 0 Å². The number of esters is 1. The molecule has 1 aromatic rings. The second kappa shape index (κ2) is 5.80. The molecule has 1 atom stereocenters. The van der Waals surface area contributed by atoms with Crippen LogP contribution in [0.2, 0.25) is 0 Å². The Morgan fingerprint density at radius 2 is 2.33 bits per heavy atom. The minimum atomic E-state index is -0.624. The third-order valence-electron chi connectivity index (χ3n) is 2.10. The molecule has 1 aromatic heterocycles. The molecule has 0 saturated carbocycles. The van der Waals surface area contributed by atoms with E-state index in [1.54, 1.807) is 13.8 Å². The number of nitrogens with zero attached hydrogens (tertiary/aromatic N) is 2. The SMILES string of the molecule is CCOC(=O)C(C)Nc1ccc([N+](=O)[O-])c(N)n1. The van der Waals surface area contributed by atoms with Gasteiger partial charge >= 0.3 is 11.7 Å². The van der Waals surface area contributed by atoms with E-state index in [0.717, 1.165) is 0 Å². The van der Waals surface area contributed by atoms with Gasteiger partial charge in [-0.2, -0.15) is 0 Å². The molecule has 0 amide bonds. The second-order valence-electron chi connectivity index (χ2n) is 3.48. The van der Waals surface area contributed by atoms with E-state index in [1.165, 1.54) is 12.1 Å². The topological polar surface area (TPSA) is 120 Å². The highest BCUT2D eigenvalue weighted by molar-refractivity contribution is 5.78. The number of nitrogen functional groups attached to an aromatic ring is 1. The molecule has 0 radical (unpaired) electrons. The summed E-state index contributed by atoms with van der Waals surface area (Å²) in [4.78, 5) is 25.1. The number of carbonyl (C=O) groups is 1. The highest BCUT2D eigenvalue weighted by atomic mass is 16.6. The van der Waals surface area contributed by atoms with Gasteiger partial charge in [0.15, 0.2) is 0 Å². The van der Waals surface area contributed by atoms with Gasteiger partial charge in [-0.1, -0.05) is 0 Å². The van der Waals surface area contributed by atoms with Crippen molar-refractivity contribution in [1.29, 1.82) is 0 Å². The van der Waals surface area contributed by atoms with Crippen molar-refractivity contribution < 1.29 is 14.5 Å². The predicted octanol–water partition coefficient (Wildman–Crippen LogP) is 0.935. The van der Waals surface area contributed by atoms with E-state index in [-0.39, 0.29) is 23.9 Å². The van der Waals surface area contributed by atoms with Gasteiger partial charge in [0.1, 0.15) is 11.9 Å². The van der Waals surface area contributed by atoms with Gasteiger partial charge in [0.05, 0.1) is 11.5 Å². The molecule has 0 aliphatic carbocycles. The first-order chi connectivity index (χ1) is 8.45. The number of aromatic nitrogens is 1. The standard InChI is InChI=1S/C10H14N4O4/c1-3-18-10(15)6(2)12-8-5-4-7(14(16)17)9(11)13-8/h4-6H,3H2,1-2H3,(H3,11,12,13). The van der Waals surface area contributed by atoms with E-state index in [9.17, 15) is 14.9 Å². The lowest BCUT2D eigenvalue weighted by Gasteiger charge is -2.13. The Balaban J connectivity index is 2.77. The molecule has 8 nitrogen and oxygen atoms in total. The van der Waals surface area contributed by atoms with Crippen molar-refractivity contribution in [3.63, 3.8) is 0 Å². The quantitative estimate of drug-likeness (QED) is 0.455. The second-order valence-corrected chi connectivity index (χ2v) is 3.48. The molecule has 0 saturated heterocycles. The van der Waals surface area contributed by atoms with Crippen molar-refractivity contribution in [3.05, 3.63) is 22.2 Å². The van der Waals surface area contributed by atoms with Gasteiger partial charge in [0.2, 0.25) is 5.82 Å². The number of ether oxygens (including phenoxy) is 1. The van der Waals surface area contributed by atoms with Crippen molar-refractivity contribution in [3.8, 4) is 0 Å². The number of nitrogens with one attached hydrogen (secondary N) is 1. The average molecular weight is 254 g/mol. The third kappa shape index (κ3) is 3.30. The maximum Gasteiger partial charge on any atom is 0.328 e. The van der Waals surface area contributed by atoms with Crippen LogP contribution in [0.4, 0.5) is 17.3 Å². The lowest BCUT2D eigenvalue weighted by molar-refractivity contribution is -0.384. The maximum atomic E-state index is 11.4. The van der Waals surface area contributed by atoms with Crippen LogP contribution in [-0.2, 0) is 9.53 Å². The molecule has 0 aliphatic rings. The molecule has 3 N–H and O–H groups in total. The van der Waals surface area contributed by atoms with Gasteiger partial charge in [-0.25, -0.2) is 9.78 Å². The number of nitro groups is 1. The van der Waals surface area contributed by atoms with Crippen LogP contribution in [0.15, 0.2) is 12.1 Å². The largest absolute Gasteiger partial charge is 0.464 e. The van der Waals surface area contributed by atoms with Crippen LogP contribution in [-0.4, -0.2) is 28.5 Å². The molecule has 1 heterocycles. The zero-order valence-electron chi connectivity index (χ0n) is 10.0. The Bertz CT molecular complexity index is 463. The number of anilines is 2. The van der Waals surface area contributed by atoms with E-state index >= 15 is 0 Å².